The second-order valence-corrected chi connectivity index (χ2v) is 6.75. The first-order chi connectivity index (χ1) is 14.1. The summed E-state index contributed by atoms with van der Waals surface area (Å²) in [6, 6.07) is 10.9. The normalized spacial score (nSPS) is 10.8. The number of carbonyl (C=O) groups is 2. The van der Waals surface area contributed by atoms with Crippen molar-refractivity contribution in [3.8, 4) is 16.9 Å². The van der Waals surface area contributed by atoms with Crippen LogP contribution in [-0.2, 0) is 9.53 Å². The summed E-state index contributed by atoms with van der Waals surface area (Å²) >= 11 is 1.27. The minimum atomic E-state index is -0.483. The predicted molar refractivity (Wildman–Crippen MR) is 113 cm³/mol. The van der Waals surface area contributed by atoms with Crippen LogP contribution in [0.3, 0.4) is 0 Å². The SMILES string of the molecule is CCOC(=O)c1c(-c2ccc(OCC)cc2)csc1NC(=O)/C=C/c1ccco1. The Morgan fingerprint density at radius 1 is 1.14 bits per heavy atom. The van der Waals surface area contributed by atoms with Gasteiger partial charge in [0, 0.05) is 17.0 Å². The summed E-state index contributed by atoms with van der Waals surface area (Å²) < 4.78 is 15.8. The standard InChI is InChI=1S/C22H21NO5S/c1-3-26-17-9-7-15(8-10-17)18-14-29-21(20(18)22(25)27-4-2)23-19(24)12-11-16-6-5-13-28-16/h5-14H,3-4H2,1-2H3,(H,23,24)/b12-11+. The van der Waals surface area contributed by atoms with Gasteiger partial charge in [0.05, 0.1) is 19.5 Å². The van der Waals surface area contributed by atoms with Crippen LogP contribution < -0.4 is 10.1 Å². The van der Waals surface area contributed by atoms with Gasteiger partial charge in [0.1, 0.15) is 22.1 Å². The molecule has 0 atom stereocenters. The first-order valence-corrected chi connectivity index (χ1v) is 10.0. The van der Waals surface area contributed by atoms with Gasteiger partial charge in [0.25, 0.3) is 0 Å². The van der Waals surface area contributed by atoms with Crippen LogP contribution in [0.1, 0.15) is 30.0 Å². The van der Waals surface area contributed by atoms with E-state index in [4.69, 9.17) is 13.9 Å². The summed E-state index contributed by atoms with van der Waals surface area (Å²) in [5, 5.41) is 5.02. The Kier molecular flexibility index (Phi) is 6.86. The van der Waals surface area contributed by atoms with Crippen molar-refractivity contribution in [2.24, 2.45) is 0 Å². The van der Waals surface area contributed by atoms with Crippen LogP contribution in [0.5, 0.6) is 5.75 Å². The van der Waals surface area contributed by atoms with E-state index in [0.29, 0.717) is 28.5 Å². The van der Waals surface area contributed by atoms with Crippen molar-refractivity contribution in [3.05, 3.63) is 65.4 Å². The van der Waals surface area contributed by atoms with Gasteiger partial charge < -0.3 is 19.2 Å². The molecule has 1 N–H and O–H groups in total. The zero-order valence-corrected chi connectivity index (χ0v) is 17.0. The minimum Gasteiger partial charge on any atom is -0.494 e. The Morgan fingerprint density at radius 2 is 1.93 bits per heavy atom. The molecule has 0 saturated carbocycles. The molecule has 150 valence electrons. The summed E-state index contributed by atoms with van der Waals surface area (Å²) in [5.41, 5.74) is 1.86. The fraction of sp³-hybridized carbons (Fsp3) is 0.182. The molecule has 0 fully saturated rings. The quantitative estimate of drug-likeness (QED) is 0.405. The molecule has 0 saturated heterocycles. The number of hydrogen-bond acceptors (Lipinski definition) is 6. The molecule has 0 aliphatic heterocycles. The monoisotopic (exact) mass is 411 g/mol. The largest absolute Gasteiger partial charge is 0.494 e. The lowest BCUT2D eigenvalue weighted by molar-refractivity contribution is -0.111. The summed E-state index contributed by atoms with van der Waals surface area (Å²) in [6.07, 6.45) is 4.43. The Morgan fingerprint density at radius 3 is 2.59 bits per heavy atom. The first kappa shape index (κ1) is 20.4. The van der Waals surface area contributed by atoms with E-state index >= 15 is 0 Å². The molecule has 0 spiro atoms. The van der Waals surface area contributed by atoms with Crippen LogP contribution in [0, 0.1) is 0 Å². The molecule has 0 aliphatic carbocycles. The van der Waals surface area contributed by atoms with Crippen LogP contribution in [0.25, 0.3) is 17.2 Å². The second-order valence-electron chi connectivity index (χ2n) is 5.87. The van der Waals surface area contributed by atoms with E-state index in [-0.39, 0.29) is 12.5 Å². The summed E-state index contributed by atoms with van der Waals surface area (Å²) in [4.78, 5) is 24.9. The third-order valence-electron chi connectivity index (χ3n) is 3.93. The topological polar surface area (TPSA) is 77.8 Å². The van der Waals surface area contributed by atoms with Crippen molar-refractivity contribution in [1.82, 2.24) is 0 Å². The molecule has 7 heteroatoms. The number of carbonyl (C=O) groups excluding carboxylic acids is 2. The smallest absolute Gasteiger partial charge is 0.341 e. The highest BCUT2D eigenvalue weighted by atomic mass is 32.1. The molecule has 6 nitrogen and oxygen atoms in total. The van der Waals surface area contributed by atoms with Gasteiger partial charge in [-0.05, 0) is 49.8 Å². The zero-order chi connectivity index (χ0) is 20.6. The molecule has 3 rings (SSSR count). The van der Waals surface area contributed by atoms with Crippen molar-refractivity contribution in [1.29, 1.82) is 0 Å². The van der Waals surface area contributed by atoms with Crippen molar-refractivity contribution in [3.63, 3.8) is 0 Å². The van der Waals surface area contributed by atoms with Gasteiger partial charge in [-0.1, -0.05) is 12.1 Å². The summed E-state index contributed by atoms with van der Waals surface area (Å²) in [6.45, 7) is 4.48. The van der Waals surface area contributed by atoms with E-state index in [1.165, 1.54) is 23.7 Å². The first-order valence-electron chi connectivity index (χ1n) is 9.16. The van der Waals surface area contributed by atoms with E-state index in [1.54, 1.807) is 25.1 Å². The Bertz CT molecular complexity index is 987. The predicted octanol–water partition coefficient (Wildman–Crippen LogP) is 5.24. The zero-order valence-electron chi connectivity index (χ0n) is 16.1. The minimum absolute atomic E-state index is 0.239. The van der Waals surface area contributed by atoms with Gasteiger partial charge >= 0.3 is 5.97 Å². The maximum Gasteiger partial charge on any atom is 0.341 e. The fourth-order valence-corrected chi connectivity index (χ4v) is 3.62. The molecule has 29 heavy (non-hydrogen) atoms. The van der Waals surface area contributed by atoms with Crippen molar-refractivity contribution >= 4 is 34.3 Å². The molecule has 2 heterocycles. The van der Waals surface area contributed by atoms with Gasteiger partial charge in [-0.3, -0.25) is 4.79 Å². The summed E-state index contributed by atoms with van der Waals surface area (Å²) in [7, 11) is 0. The molecule has 2 aromatic heterocycles. The number of benzene rings is 1. The lowest BCUT2D eigenvalue weighted by Crippen LogP contribution is -2.12. The van der Waals surface area contributed by atoms with Crippen LogP contribution in [-0.4, -0.2) is 25.1 Å². The maximum atomic E-state index is 12.6. The lowest BCUT2D eigenvalue weighted by Gasteiger charge is -2.09. The molecular weight excluding hydrogens is 390 g/mol. The van der Waals surface area contributed by atoms with E-state index in [1.807, 2.05) is 36.6 Å². The van der Waals surface area contributed by atoms with Crippen LogP contribution >= 0.6 is 11.3 Å². The Balaban J connectivity index is 1.87. The highest BCUT2D eigenvalue weighted by molar-refractivity contribution is 7.15. The molecule has 0 bridgehead atoms. The number of hydrogen-bond donors (Lipinski definition) is 1. The summed E-state index contributed by atoms with van der Waals surface area (Å²) in [5.74, 6) is 0.461. The Labute approximate surface area is 172 Å². The number of ether oxygens (including phenoxy) is 2. The molecule has 0 radical (unpaired) electrons. The average Bonchev–Trinajstić information content (AvgIpc) is 3.37. The van der Waals surface area contributed by atoms with Crippen molar-refractivity contribution < 1.29 is 23.5 Å². The van der Waals surface area contributed by atoms with Gasteiger partial charge in [-0.15, -0.1) is 11.3 Å². The fourth-order valence-electron chi connectivity index (χ4n) is 2.66. The van der Waals surface area contributed by atoms with Crippen LogP contribution in [0.4, 0.5) is 5.00 Å². The van der Waals surface area contributed by atoms with Crippen LogP contribution in [0.15, 0.2) is 58.5 Å². The number of rotatable bonds is 8. The number of esters is 1. The second kappa shape index (κ2) is 9.75. The van der Waals surface area contributed by atoms with Crippen LogP contribution in [0.2, 0.25) is 0 Å². The van der Waals surface area contributed by atoms with Crippen molar-refractivity contribution in [2.75, 3.05) is 18.5 Å². The average molecular weight is 411 g/mol. The lowest BCUT2D eigenvalue weighted by atomic mass is 10.0. The third-order valence-corrected chi connectivity index (χ3v) is 4.82. The molecule has 1 amide bonds. The number of amides is 1. The number of anilines is 1. The van der Waals surface area contributed by atoms with E-state index < -0.39 is 5.97 Å². The van der Waals surface area contributed by atoms with E-state index in [0.717, 1.165) is 11.3 Å². The maximum absolute atomic E-state index is 12.6. The van der Waals surface area contributed by atoms with Gasteiger partial charge in [0.2, 0.25) is 5.91 Å². The number of furan rings is 1. The molecular formula is C22H21NO5S. The highest BCUT2D eigenvalue weighted by Gasteiger charge is 2.22. The van der Waals surface area contributed by atoms with Crippen molar-refractivity contribution in [2.45, 2.75) is 13.8 Å². The molecule has 3 aromatic rings. The molecule has 0 unspecified atom stereocenters. The number of thiophene rings is 1. The van der Waals surface area contributed by atoms with E-state index in [2.05, 4.69) is 5.32 Å². The molecule has 1 aromatic carbocycles. The molecule has 0 aliphatic rings. The van der Waals surface area contributed by atoms with E-state index in [9.17, 15) is 9.59 Å². The highest BCUT2D eigenvalue weighted by Crippen LogP contribution is 2.37. The van der Waals surface area contributed by atoms with Gasteiger partial charge in [-0.25, -0.2) is 4.79 Å². The van der Waals surface area contributed by atoms with Gasteiger partial charge in [0.15, 0.2) is 0 Å². The Hall–Kier alpha value is -3.32. The third kappa shape index (κ3) is 5.14. The van der Waals surface area contributed by atoms with Gasteiger partial charge in [-0.2, -0.15) is 0 Å². The number of nitrogens with one attached hydrogen (secondary N) is 1.